The molecule has 4 heteroatoms. The van der Waals surface area contributed by atoms with Crippen molar-refractivity contribution in [3.05, 3.63) is 53.4 Å². The van der Waals surface area contributed by atoms with Crippen molar-refractivity contribution in [3.63, 3.8) is 0 Å². The zero-order chi connectivity index (χ0) is 11.9. The quantitative estimate of drug-likeness (QED) is 0.757. The molecule has 2 aliphatic heterocycles. The minimum atomic E-state index is 0.269. The molecule has 90 valence electrons. The molecule has 0 N–H and O–H groups in total. The SMILES string of the molecule is [c]1ccc2c(c1[C]1C=CC3=C(C1)OCO3)OCO2. The fourth-order valence-corrected chi connectivity index (χ4v) is 2.29. The Kier molecular flexibility index (Phi) is 2.03. The number of allylic oxidation sites excluding steroid dienone is 3. The third kappa shape index (κ3) is 1.38. The van der Waals surface area contributed by atoms with Gasteiger partial charge in [0.05, 0.1) is 0 Å². The van der Waals surface area contributed by atoms with Crippen LogP contribution in [-0.2, 0) is 9.47 Å². The molecule has 0 atom stereocenters. The summed E-state index contributed by atoms with van der Waals surface area (Å²) >= 11 is 0. The van der Waals surface area contributed by atoms with E-state index in [4.69, 9.17) is 18.9 Å². The first kappa shape index (κ1) is 9.88. The van der Waals surface area contributed by atoms with Gasteiger partial charge in [0.2, 0.25) is 13.6 Å². The lowest BCUT2D eigenvalue weighted by molar-refractivity contribution is 0.0733. The highest BCUT2D eigenvalue weighted by molar-refractivity contribution is 5.57. The molecule has 4 nitrogen and oxygen atoms in total. The predicted octanol–water partition coefficient (Wildman–Crippen LogP) is 2.31. The minimum absolute atomic E-state index is 0.269. The van der Waals surface area contributed by atoms with Crippen LogP contribution < -0.4 is 9.47 Å². The largest absolute Gasteiger partial charge is 0.458 e. The van der Waals surface area contributed by atoms with Gasteiger partial charge < -0.3 is 18.9 Å². The van der Waals surface area contributed by atoms with Crippen LogP contribution in [-0.4, -0.2) is 13.6 Å². The van der Waals surface area contributed by atoms with E-state index >= 15 is 0 Å². The molecule has 2 radical (unpaired) electrons. The lowest BCUT2D eigenvalue weighted by Crippen LogP contribution is -2.05. The van der Waals surface area contributed by atoms with Gasteiger partial charge in [-0.3, -0.25) is 0 Å². The van der Waals surface area contributed by atoms with Crippen molar-refractivity contribution in [2.45, 2.75) is 6.42 Å². The average molecular weight is 242 g/mol. The van der Waals surface area contributed by atoms with Gasteiger partial charge in [0, 0.05) is 17.9 Å². The summed E-state index contributed by atoms with van der Waals surface area (Å²) in [5, 5.41) is 0. The van der Waals surface area contributed by atoms with Crippen LogP contribution in [0.5, 0.6) is 11.5 Å². The van der Waals surface area contributed by atoms with Crippen molar-refractivity contribution in [1.29, 1.82) is 0 Å². The van der Waals surface area contributed by atoms with E-state index in [1.54, 1.807) is 0 Å². The van der Waals surface area contributed by atoms with Crippen molar-refractivity contribution in [1.82, 2.24) is 0 Å². The fourth-order valence-electron chi connectivity index (χ4n) is 2.29. The standard InChI is InChI=1S/C14H10O4/c1-2-10(14-12(3-1)16-8-18-14)9-4-5-11-13(6-9)17-7-15-11/h1,3-5H,6-8H2. The topological polar surface area (TPSA) is 36.9 Å². The number of benzene rings is 1. The second-order valence-electron chi connectivity index (χ2n) is 4.18. The molecule has 0 fully saturated rings. The van der Waals surface area contributed by atoms with E-state index in [-0.39, 0.29) is 6.79 Å². The van der Waals surface area contributed by atoms with E-state index < -0.39 is 0 Å². The molecule has 1 aromatic rings. The fraction of sp³-hybridized carbons (Fsp3) is 0.214. The summed E-state index contributed by atoms with van der Waals surface area (Å²) in [5.41, 5.74) is 0.934. The molecule has 0 spiro atoms. The van der Waals surface area contributed by atoms with Gasteiger partial charge in [-0.05, 0) is 18.2 Å². The Balaban J connectivity index is 1.70. The number of hydrogen-bond acceptors (Lipinski definition) is 4. The second-order valence-corrected chi connectivity index (χ2v) is 4.18. The van der Waals surface area contributed by atoms with E-state index in [2.05, 4.69) is 6.07 Å². The molecule has 0 saturated heterocycles. The maximum atomic E-state index is 5.50. The highest BCUT2D eigenvalue weighted by atomic mass is 16.7. The molecular weight excluding hydrogens is 232 g/mol. The van der Waals surface area contributed by atoms with Crippen LogP contribution in [0.2, 0.25) is 0 Å². The average Bonchev–Trinajstić information content (AvgIpc) is 3.05. The first-order chi connectivity index (χ1) is 8.92. The van der Waals surface area contributed by atoms with Gasteiger partial charge in [-0.15, -0.1) is 0 Å². The Morgan fingerprint density at radius 1 is 1.00 bits per heavy atom. The summed E-state index contributed by atoms with van der Waals surface area (Å²) in [7, 11) is 0. The van der Waals surface area contributed by atoms with Crippen LogP contribution in [0, 0.1) is 12.0 Å². The van der Waals surface area contributed by atoms with Crippen molar-refractivity contribution in [3.8, 4) is 11.5 Å². The van der Waals surface area contributed by atoms with Crippen molar-refractivity contribution < 1.29 is 18.9 Å². The van der Waals surface area contributed by atoms with Gasteiger partial charge in [-0.1, -0.05) is 12.1 Å². The van der Waals surface area contributed by atoms with Gasteiger partial charge in [0.15, 0.2) is 17.3 Å². The second kappa shape index (κ2) is 3.70. The molecule has 0 unspecified atom stereocenters. The summed E-state index contributed by atoms with van der Waals surface area (Å²) < 4.78 is 21.6. The smallest absolute Gasteiger partial charge is 0.231 e. The molecule has 3 aliphatic rings. The molecule has 4 rings (SSSR count). The molecular formula is C14H10O4. The van der Waals surface area contributed by atoms with Crippen LogP contribution in [0.15, 0.2) is 35.8 Å². The first-order valence-electron chi connectivity index (χ1n) is 5.75. The number of rotatable bonds is 1. The molecule has 2 heterocycles. The Labute approximate surface area is 104 Å². The number of ether oxygens (including phenoxy) is 4. The van der Waals surface area contributed by atoms with Crippen LogP contribution in [0.25, 0.3) is 0 Å². The van der Waals surface area contributed by atoms with E-state index in [0.717, 1.165) is 34.5 Å². The van der Waals surface area contributed by atoms with Gasteiger partial charge in [0.25, 0.3) is 0 Å². The predicted molar refractivity (Wildman–Crippen MR) is 61.6 cm³/mol. The molecule has 18 heavy (non-hydrogen) atoms. The minimum Gasteiger partial charge on any atom is -0.458 e. The highest BCUT2D eigenvalue weighted by Gasteiger charge is 2.29. The van der Waals surface area contributed by atoms with E-state index in [1.807, 2.05) is 24.3 Å². The summed E-state index contributed by atoms with van der Waals surface area (Å²) in [4.78, 5) is 0. The zero-order valence-electron chi connectivity index (χ0n) is 9.56. The molecule has 0 amide bonds. The summed E-state index contributed by atoms with van der Waals surface area (Å²) in [6.45, 7) is 0.573. The number of hydrogen-bond donors (Lipinski definition) is 0. The van der Waals surface area contributed by atoms with Gasteiger partial charge in [-0.25, -0.2) is 0 Å². The Bertz CT molecular complexity index is 559. The Morgan fingerprint density at radius 3 is 2.94 bits per heavy atom. The van der Waals surface area contributed by atoms with Gasteiger partial charge >= 0.3 is 0 Å². The molecule has 0 bridgehead atoms. The Hall–Kier alpha value is -2.10. The number of fused-ring (bicyclic) bond motifs is 1. The molecule has 0 saturated carbocycles. The Morgan fingerprint density at radius 2 is 1.94 bits per heavy atom. The summed E-state index contributed by atoms with van der Waals surface area (Å²) in [6, 6.07) is 6.91. The summed E-state index contributed by atoms with van der Waals surface area (Å²) in [5.74, 6) is 4.33. The zero-order valence-corrected chi connectivity index (χ0v) is 9.56. The first-order valence-corrected chi connectivity index (χ1v) is 5.75. The molecule has 0 aromatic heterocycles. The van der Waals surface area contributed by atoms with E-state index in [1.165, 1.54) is 0 Å². The summed E-state index contributed by atoms with van der Waals surface area (Å²) in [6.07, 6.45) is 4.63. The van der Waals surface area contributed by atoms with Crippen LogP contribution in [0.1, 0.15) is 12.0 Å². The molecule has 1 aromatic carbocycles. The maximum absolute atomic E-state index is 5.50. The van der Waals surface area contributed by atoms with Crippen LogP contribution >= 0.6 is 0 Å². The third-order valence-corrected chi connectivity index (χ3v) is 3.16. The monoisotopic (exact) mass is 242 g/mol. The van der Waals surface area contributed by atoms with Gasteiger partial charge in [0.1, 0.15) is 5.76 Å². The van der Waals surface area contributed by atoms with Crippen molar-refractivity contribution in [2.24, 2.45) is 0 Å². The van der Waals surface area contributed by atoms with Gasteiger partial charge in [-0.2, -0.15) is 0 Å². The van der Waals surface area contributed by atoms with Crippen LogP contribution in [0.3, 0.4) is 0 Å². The van der Waals surface area contributed by atoms with Crippen molar-refractivity contribution in [2.75, 3.05) is 13.6 Å². The van der Waals surface area contributed by atoms with Crippen molar-refractivity contribution >= 4 is 0 Å². The van der Waals surface area contributed by atoms with E-state index in [9.17, 15) is 0 Å². The maximum Gasteiger partial charge on any atom is 0.231 e. The van der Waals surface area contributed by atoms with E-state index in [0.29, 0.717) is 13.2 Å². The lowest BCUT2D eigenvalue weighted by atomic mass is 9.90. The lowest BCUT2D eigenvalue weighted by Gasteiger charge is -2.17. The third-order valence-electron chi connectivity index (χ3n) is 3.16. The van der Waals surface area contributed by atoms with Crippen LogP contribution in [0.4, 0.5) is 0 Å². The normalized spacial score (nSPS) is 20.7. The highest BCUT2D eigenvalue weighted by Crippen LogP contribution is 2.43. The molecule has 1 aliphatic carbocycles.